The standard InChI is InChI=1S/C12H8ClF3N2OS/c13-8-3-6(12(14,15)16)5-18-9(8)4-7-1-2-10(20-7)11(17)19/h1-3,5H,4H2,(H2,17,19). The summed E-state index contributed by atoms with van der Waals surface area (Å²) in [5.41, 5.74) is 4.55. The van der Waals surface area contributed by atoms with Crippen molar-refractivity contribution in [3.63, 3.8) is 0 Å². The number of nitrogens with zero attached hydrogens (tertiary/aromatic N) is 1. The molecule has 8 heteroatoms. The monoisotopic (exact) mass is 320 g/mol. The lowest BCUT2D eigenvalue weighted by Crippen LogP contribution is -2.08. The second-order valence-electron chi connectivity index (χ2n) is 3.96. The van der Waals surface area contributed by atoms with Gasteiger partial charge in [-0.2, -0.15) is 13.2 Å². The molecule has 0 aliphatic heterocycles. The van der Waals surface area contributed by atoms with Crippen LogP contribution in [0.5, 0.6) is 0 Å². The largest absolute Gasteiger partial charge is 0.417 e. The molecule has 0 bridgehead atoms. The molecular weight excluding hydrogens is 313 g/mol. The highest BCUT2D eigenvalue weighted by molar-refractivity contribution is 7.14. The zero-order valence-electron chi connectivity index (χ0n) is 9.87. The lowest BCUT2D eigenvalue weighted by molar-refractivity contribution is -0.137. The van der Waals surface area contributed by atoms with Crippen molar-refractivity contribution < 1.29 is 18.0 Å². The summed E-state index contributed by atoms with van der Waals surface area (Å²) < 4.78 is 37.4. The van der Waals surface area contributed by atoms with E-state index in [0.29, 0.717) is 10.6 Å². The maximum atomic E-state index is 12.5. The summed E-state index contributed by atoms with van der Waals surface area (Å²) in [4.78, 5) is 15.8. The van der Waals surface area contributed by atoms with E-state index in [2.05, 4.69) is 4.98 Å². The summed E-state index contributed by atoms with van der Waals surface area (Å²) >= 11 is 6.96. The number of carbonyl (C=O) groups excluding carboxylic acids is 1. The summed E-state index contributed by atoms with van der Waals surface area (Å²) in [6, 6.07) is 4.06. The van der Waals surface area contributed by atoms with Gasteiger partial charge in [0.05, 0.1) is 21.2 Å². The van der Waals surface area contributed by atoms with E-state index in [-0.39, 0.29) is 11.4 Å². The number of alkyl halides is 3. The summed E-state index contributed by atoms with van der Waals surface area (Å²) in [7, 11) is 0. The van der Waals surface area contributed by atoms with Crippen LogP contribution in [0.1, 0.15) is 25.8 Å². The Kier molecular flexibility index (Phi) is 4.01. The molecule has 0 unspecified atom stereocenters. The van der Waals surface area contributed by atoms with Gasteiger partial charge in [-0.05, 0) is 18.2 Å². The molecule has 0 fully saturated rings. The van der Waals surface area contributed by atoms with Crippen molar-refractivity contribution >= 4 is 28.8 Å². The predicted molar refractivity (Wildman–Crippen MR) is 69.9 cm³/mol. The molecule has 0 saturated heterocycles. The lowest BCUT2D eigenvalue weighted by Gasteiger charge is -2.08. The molecule has 3 nitrogen and oxygen atoms in total. The number of thiophene rings is 1. The Morgan fingerprint density at radius 1 is 1.40 bits per heavy atom. The van der Waals surface area contributed by atoms with E-state index < -0.39 is 17.6 Å². The van der Waals surface area contributed by atoms with Gasteiger partial charge in [-0.25, -0.2) is 0 Å². The van der Waals surface area contributed by atoms with Crippen LogP contribution in [0.25, 0.3) is 0 Å². The quantitative estimate of drug-likeness (QED) is 0.941. The number of hydrogen-bond acceptors (Lipinski definition) is 3. The van der Waals surface area contributed by atoms with Crippen LogP contribution >= 0.6 is 22.9 Å². The minimum Gasteiger partial charge on any atom is -0.365 e. The third kappa shape index (κ3) is 3.29. The number of nitrogens with two attached hydrogens (primary N) is 1. The molecule has 0 aliphatic carbocycles. The van der Waals surface area contributed by atoms with Crippen molar-refractivity contribution in [3.8, 4) is 0 Å². The molecule has 0 aromatic carbocycles. The van der Waals surface area contributed by atoms with E-state index in [1.165, 1.54) is 0 Å². The van der Waals surface area contributed by atoms with Crippen LogP contribution in [-0.4, -0.2) is 10.9 Å². The van der Waals surface area contributed by atoms with Gasteiger partial charge in [0.1, 0.15) is 0 Å². The van der Waals surface area contributed by atoms with E-state index in [4.69, 9.17) is 17.3 Å². The van der Waals surface area contributed by atoms with Crippen molar-refractivity contribution in [2.75, 3.05) is 0 Å². The first-order chi connectivity index (χ1) is 9.27. The number of amides is 1. The van der Waals surface area contributed by atoms with E-state index in [9.17, 15) is 18.0 Å². The molecule has 2 rings (SSSR count). The molecule has 0 atom stereocenters. The van der Waals surface area contributed by atoms with Crippen molar-refractivity contribution in [2.24, 2.45) is 5.73 Å². The summed E-state index contributed by atoms with van der Waals surface area (Å²) in [5, 5.41) is -0.0612. The maximum absolute atomic E-state index is 12.5. The normalized spacial score (nSPS) is 11.6. The first-order valence-electron chi connectivity index (χ1n) is 5.37. The Morgan fingerprint density at radius 3 is 2.60 bits per heavy atom. The predicted octanol–water partition coefficient (Wildman–Crippen LogP) is 3.51. The highest BCUT2D eigenvalue weighted by Crippen LogP contribution is 2.32. The number of aromatic nitrogens is 1. The second-order valence-corrected chi connectivity index (χ2v) is 5.53. The topological polar surface area (TPSA) is 56.0 Å². The third-order valence-electron chi connectivity index (χ3n) is 2.49. The zero-order valence-corrected chi connectivity index (χ0v) is 11.4. The van der Waals surface area contributed by atoms with Gasteiger partial charge in [0.25, 0.3) is 5.91 Å². The highest BCUT2D eigenvalue weighted by Gasteiger charge is 2.31. The molecule has 2 aromatic heterocycles. The van der Waals surface area contributed by atoms with Crippen LogP contribution < -0.4 is 5.73 Å². The molecule has 106 valence electrons. The van der Waals surface area contributed by atoms with Crippen molar-refractivity contribution in [1.29, 1.82) is 0 Å². The SMILES string of the molecule is NC(=O)c1ccc(Cc2ncc(C(F)(F)F)cc2Cl)s1. The average molecular weight is 321 g/mol. The van der Waals surface area contributed by atoms with Gasteiger partial charge in [-0.3, -0.25) is 9.78 Å². The molecule has 20 heavy (non-hydrogen) atoms. The molecule has 0 saturated carbocycles. The molecule has 2 aromatic rings. The molecule has 0 radical (unpaired) electrons. The van der Waals surface area contributed by atoms with Crippen molar-refractivity contribution in [1.82, 2.24) is 4.98 Å². The van der Waals surface area contributed by atoms with Gasteiger partial charge in [-0.1, -0.05) is 11.6 Å². The van der Waals surface area contributed by atoms with Gasteiger partial charge in [-0.15, -0.1) is 11.3 Å². The van der Waals surface area contributed by atoms with Crippen molar-refractivity contribution in [3.05, 3.63) is 50.4 Å². The highest BCUT2D eigenvalue weighted by atomic mass is 35.5. The van der Waals surface area contributed by atoms with Gasteiger partial charge >= 0.3 is 6.18 Å². The minimum absolute atomic E-state index is 0.0612. The van der Waals surface area contributed by atoms with Crippen LogP contribution in [-0.2, 0) is 12.6 Å². The Hall–Kier alpha value is -1.60. The molecule has 2 heterocycles. The number of rotatable bonds is 3. The fourth-order valence-electron chi connectivity index (χ4n) is 1.52. The van der Waals surface area contributed by atoms with Crippen LogP contribution in [0.4, 0.5) is 13.2 Å². The van der Waals surface area contributed by atoms with Crippen LogP contribution in [0, 0.1) is 0 Å². The molecule has 1 amide bonds. The Morgan fingerprint density at radius 2 is 2.10 bits per heavy atom. The van der Waals surface area contributed by atoms with Crippen molar-refractivity contribution in [2.45, 2.75) is 12.6 Å². The summed E-state index contributed by atoms with van der Waals surface area (Å²) in [5.74, 6) is -0.548. The number of carbonyl (C=O) groups is 1. The van der Waals surface area contributed by atoms with E-state index >= 15 is 0 Å². The Labute approximate surface area is 121 Å². The van der Waals surface area contributed by atoms with E-state index in [0.717, 1.165) is 28.5 Å². The van der Waals surface area contributed by atoms with Gasteiger partial charge in [0.2, 0.25) is 0 Å². The van der Waals surface area contributed by atoms with Gasteiger partial charge in [0, 0.05) is 17.5 Å². The van der Waals surface area contributed by atoms with E-state index in [1.54, 1.807) is 12.1 Å². The fourth-order valence-corrected chi connectivity index (χ4v) is 2.62. The van der Waals surface area contributed by atoms with Crippen LogP contribution in [0.2, 0.25) is 5.02 Å². The second kappa shape index (κ2) is 5.41. The summed E-state index contributed by atoms with van der Waals surface area (Å²) in [6.45, 7) is 0. The summed E-state index contributed by atoms with van der Waals surface area (Å²) in [6.07, 6.45) is -3.49. The number of pyridine rings is 1. The first kappa shape index (κ1) is 14.8. The molecule has 2 N–H and O–H groups in total. The van der Waals surface area contributed by atoms with Gasteiger partial charge < -0.3 is 5.73 Å². The number of halogens is 4. The van der Waals surface area contributed by atoms with E-state index in [1.807, 2.05) is 0 Å². The minimum atomic E-state index is -4.47. The lowest BCUT2D eigenvalue weighted by atomic mass is 10.2. The van der Waals surface area contributed by atoms with Gasteiger partial charge in [0.15, 0.2) is 0 Å². The first-order valence-corrected chi connectivity index (χ1v) is 6.57. The smallest absolute Gasteiger partial charge is 0.365 e. The number of hydrogen-bond donors (Lipinski definition) is 1. The molecule has 0 aliphatic rings. The Bertz CT molecular complexity index is 654. The third-order valence-corrected chi connectivity index (χ3v) is 3.92. The number of primary amides is 1. The fraction of sp³-hybridized carbons (Fsp3) is 0.167. The zero-order chi connectivity index (χ0) is 14.9. The maximum Gasteiger partial charge on any atom is 0.417 e. The van der Waals surface area contributed by atoms with Crippen LogP contribution in [0.3, 0.4) is 0 Å². The molecule has 0 spiro atoms. The Balaban J connectivity index is 2.23. The molecular formula is C12H8ClF3N2OS. The van der Waals surface area contributed by atoms with Crippen LogP contribution in [0.15, 0.2) is 24.4 Å². The average Bonchev–Trinajstić information content (AvgIpc) is 2.79.